The van der Waals surface area contributed by atoms with Crippen molar-refractivity contribution in [2.45, 2.75) is 26.4 Å². The fourth-order valence-corrected chi connectivity index (χ4v) is 3.95. The third-order valence-corrected chi connectivity index (χ3v) is 5.49. The smallest absolute Gasteiger partial charge is 0.231 e. The molecule has 0 aromatic heterocycles. The van der Waals surface area contributed by atoms with E-state index in [0.717, 1.165) is 48.5 Å². The summed E-state index contributed by atoms with van der Waals surface area (Å²) in [4.78, 5) is 7.13. The molecule has 2 aliphatic heterocycles. The Morgan fingerprint density at radius 3 is 2.56 bits per heavy atom. The van der Waals surface area contributed by atoms with E-state index < -0.39 is 0 Å². The molecule has 0 radical (unpaired) electrons. The van der Waals surface area contributed by atoms with Gasteiger partial charge in [0.15, 0.2) is 16.7 Å². The fraction of sp³-hybridized carbons (Fsp3) is 0.350. The summed E-state index contributed by atoms with van der Waals surface area (Å²) in [6.07, 6.45) is 1.16. The molecule has 0 spiro atoms. The summed E-state index contributed by atoms with van der Waals surface area (Å²) in [5, 5.41) is 1.14. The number of aliphatic imine (C=N–C) groups is 1. The Balaban J connectivity index is 1.56. The van der Waals surface area contributed by atoms with Crippen molar-refractivity contribution in [3.8, 4) is 11.5 Å². The lowest BCUT2D eigenvalue weighted by Gasteiger charge is -2.28. The van der Waals surface area contributed by atoms with E-state index in [1.165, 1.54) is 16.7 Å². The van der Waals surface area contributed by atoms with Crippen LogP contribution in [0.2, 0.25) is 0 Å². The Kier molecular flexibility index (Phi) is 4.83. The molecule has 2 aromatic rings. The lowest BCUT2D eigenvalue weighted by atomic mass is 10.1. The Morgan fingerprint density at radius 1 is 1.00 bits per heavy atom. The second-order valence-electron chi connectivity index (χ2n) is 6.40. The number of hydrogen-bond acceptors (Lipinski definition) is 5. The number of aryl methyl sites for hydroxylation is 1. The minimum atomic E-state index is 0.314. The standard InChI is InChI=1S/C20H22N2O2S/c1-15-3-5-16(6-4-15)12-22(20-21-9-2-10-25-20)13-17-7-8-18-19(11-17)24-14-23-18/h3-8,11H,2,9-10,12-14H2,1H3. The molecular weight excluding hydrogens is 332 g/mol. The molecular formula is C20H22N2O2S. The highest BCUT2D eigenvalue weighted by Gasteiger charge is 2.18. The first-order valence-electron chi connectivity index (χ1n) is 8.64. The van der Waals surface area contributed by atoms with Crippen molar-refractivity contribution in [3.05, 3.63) is 59.2 Å². The van der Waals surface area contributed by atoms with Crippen molar-refractivity contribution in [1.82, 2.24) is 4.90 Å². The first kappa shape index (κ1) is 16.3. The highest BCUT2D eigenvalue weighted by molar-refractivity contribution is 8.13. The molecule has 0 atom stereocenters. The van der Waals surface area contributed by atoms with Crippen LogP contribution in [0.4, 0.5) is 0 Å². The molecule has 4 rings (SSSR count). The van der Waals surface area contributed by atoms with Crippen LogP contribution < -0.4 is 9.47 Å². The van der Waals surface area contributed by atoms with E-state index in [0.29, 0.717) is 6.79 Å². The summed E-state index contributed by atoms with van der Waals surface area (Å²) in [7, 11) is 0. The van der Waals surface area contributed by atoms with Crippen LogP contribution in [-0.4, -0.2) is 29.2 Å². The third-order valence-electron chi connectivity index (χ3n) is 4.36. The molecule has 0 fully saturated rings. The summed E-state index contributed by atoms with van der Waals surface area (Å²) in [5.74, 6) is 2.81. The molecule has 0 amide bonds. The molecule has 130 valence electrons. The highest BCUT2D eigenvalue weighted by atomic mass is 32.2. The van der Waals surface area contributed by atoms with Crippen LogP contribution in [0.1, 0.15) is 23.1 Å². The van der Waals surface area contributed by atoms with E-state index >= 15 is 0 Å². The first-order chi connectivity index (χ1) is 12.3. The van der Waals surface area contributed by atoms with Gasteiger partial charge in [-0.05, 0) is 36.6 Å². The van der Waals surface area contributed by atoms with Crippen LogP contribution in [0.15, 0.2) is 47.5 Å². The van der Waals surface area contributed by atoms with Gasteiger partial charge in [-0.1, -0.05) is 47.7 Å². The van der Waals surface area contributed by atoms with Crippen LogP contribution in [0, 0.1) is 6.92 Å². The van der Waals surface area contributed by atoms with Gasteiger partial charge in [-0.3, -0.25) is 4.99 Å². The number of ether oxygens (including phenoxy) is 2. The molecule has 2 aliphatic rings. The average molecular weight is 354 g/mol. The van der Waals surface area contributed by atoms with Crippen molar-refractivity contribution in [1.29, 1.82) is 0 Å². The molecule has 0 saturated heterocycles. The molecule has 5 heteroatoms. The molecule has 0 aliphatic carbocycles. The summed E-state index contributed by atoms with van der Waals surface area (Å²) in [6.45, 7) is 5.04. The number of benzene rings is 2. The number of hydrogen-bond donors (Lipinski definition) is 0. The van der Waals surface area contributed by atoms with E-state index in [-0.39, 0.29) is 0 Å². The van der Waals surface area contributed by atoms with Gasteiger partial charge in [0.25, 0.3) is 0 Å². The van der Waals surface area contributed by atoms with Crippen molar-refractivity contribution >= 4 is 16.9 Å². The zero-order valence-corrected chi connectivity index (χ0v) is 15.2. The van der Waals surface area contributed by atoms with Gasteiger partial charge in [-0.25, -0.2) is 0 Å². The highest BCUT2D eigenvalue weighted by Crippen LogP contribution is 2.33. The summed E-state index contributed by atoms with van der Waals surface area (Å²) >= 11 is 1.86. The van der Waals surface area contributed by atoms with Crippen molar-refractivity contribution in [3.63, 3.8) is 0 Å². The molecule has 4 nitrogen and oxygen atoms in total. The number of rotatable bonds is 4. The van der Waals surface area contributed by atoms with Gasteiger partial charge in [0, 0.05) is 25.4 Å². The minimum absolute atomic E-state index is 0.314. The van der Waals surface area contributed by atoms with Gasteiger partial charge < -0.3 is 14.4 Å². The Hall–Kier alpha value is -2.14. The Morgan fingerprint density at radius 2 is 1.76 bits per heavy atom. The van der Waals surface area contributed by atoms with E-state index in [4.69, 9.17) is 14.5 Å². The van der Waals surface area contributed by atoms with Gasteiger partial charge in [0.05, 0.1) is 0 Å². The van der Waals surface area contributed by atoms with E-state index in [2.05, 4.69) is 48.2 Å². The second kappa shape index (κ2) is 7.40. The van der Waals surface area contributed by atoms with E-state index in [9.17, 15) is 0 Å². The summed E-state index contributed by atoms with van der Waals surface area (Å²) < 4.78 is 10.9. The third kappa shape index (κ3) is 3.93. The first-order valence-corrected chi connectivity index (χ1v) is 9.63. The van der Waals surface area contributed by atoms with Crippen molar-refractivity contribution in [2.75, 3.05) is 19.1 Å². The predicted octanol–water partition coefficient (Wildman–Crippen LogP) is 4.22. The maximum atomic E-state index is 5.52. The van der Waals surface area contributed by atoms with Gasteiger partial charge in [-0.2, -0.15) is 0 Å². The average Bonchev–Trinajstić information content (AvgIpc) is 3.11. The number of amidine groups is 1. The van der Waals surface area contributed by atoms with Gasteiger partial charge >= 0.3 is 0 Å². The molecule has 0 unspecified atom stereocenters. The quantitative estimate of drug-likeness (QED) is 0.823. The summed E-state index contributed by atoms with van der Waals surface area (Å²) in [6, 6.07) is 14.9. The topological polar surface area (TPSA) is 34.1 Å². The van der Waals surface area contributed by atoms with Crippen LogP contribution in [0.25, 0.3) is 0 Å². The molecule has 25 heavy (non-hydrogen) atoms. The van der Waals surface area contributed by atoms with Crippen LogP contribution in [0.5, 0.6) is 11.5 Å². The minimum Gasteiger partial charge on any atom is -0.454 e. The molecule has 0 saturated carbocycles. The normalized spacial score (nSPS) is 15.8. The lowest BCUT2D eigenvalue weighted by molar-refractivity contribution is 0.174. The summed E-state index contributed by atoms with van der Waals surface area (Å²) in [5.41, 5.74) is 3.81. The van der Waals surface area contributed by atoms with E-state index in [1.807, 2.05) is 17.8 Å². The lowest BCUT2D eigenvalue weighted by Crippen LogP contribution is -2.30. The molecule has 2 heterocycles. The molecule has 2 aromatic carbocycles. The van der Waals surface area contributed by atoms with E-state index in [1.54, 1.807) is 0 Å². The second-order valence-corrected chi connectivity index (χ2v) is 7.46. The Labute approximate surface area is 152 Å². The SMILES string of the molecule is Cc1ccc(CN(Cc2ccc3c(c2)OCO3)C2=NCCCS2)cc1. The van der Waals surface area contributed by atoms with Crippen molar-refractivity contribution < 1.29 is 9.47 Å². The van der Waals surface area contributed by atoms with Crippen LogP contribution in [0.3, 0.4) is 0 Å². The van der Waals surface area contributed by atoms with Gasteiger partial charge in [0.2, 0.25) is 6.79 Å². The van der Waals surface area contributed by atoms with Gasteiger partial charge in [0.1, 0.15) is 0 Å². The predicted molar refractivity (Wildman–Crippen MR) is 102 cm³/mol. The maximum Gasteiger partial charge on any atom is 0.231 e. The van der Waals surface area contributed by atoms with Crippen molar-refractivity contribution in [2.24, 2.45) is 4.99 Å². The van der Waals surface area contributed by atoms with Crippen LogP contribution >= 0.6 is 11.8 Å². The fourth-order valence-electron chi connectivity index (χ4n) is 3.00. The zero-order chi connectivity index (χ0) is 17.1. The number of thioether (sulfide) groups is 1. The van der Waals surface area contributed by atoms with Gasteiger partial charge in [-0.15, -0.1) is 0 Å². The molecule has 0 bridgehead atoms. The number of fused-ring (bicyclic) bond motifs is 1. The number of nitrogens with zero attached hydrogens (tertiary/aromatic N) is 2. The Bertz CT molecular complexity index is 774. The molecule has 0 N–H and O–H groups in total. The monoisotopic (exact) mass is 354 g/mol. The zero-order valence-electron chi connectivity index (χ0n) is 14.4. The maximum absolute atomic E-state index is 5.52. The largest absolute Gasteiger partial charge is 0.454 e. The van der Waals surface area contributed by atoms with Crippen LogP contribution in [-0.2, 0) is 13.1 Å².